The Labute approximate surface area is 191 Å². The number of benzene rings is 2. The van der Waals surface area contributed by atoms with Crippen molar-refractivity contribution in [3.63, 3.8) is 0 Å². The molecular formula is C19H22N6O6S2. The summed E-state index contributed by atoms with van der Waals surface area (Å²) in [5.74, 6) is 0.651. The first-order valence-electron chi connectivity index (χ1n) is 9.69. The molecule has 0 bridgehead atoms. The summed E-state index contributed by atoms with van der Waals surface area (Å²) in [6, 6.07) is 10.8. The van der Waals surface area contributed by atoms with Crippen LogP contribution in [0.1, 0.15) is 19.2 Å². The van der Waals surface area contributed by atoms with Crippen LogP contribution < -0.4 is 16.0 Å². The zero-order valence-electron chi connectivity index (χ0n) is 17.4. The maximum Gasteiger partial charge on any atom is 0.294 e. The van der Waals surface area contributed by atoms with Crippen LogP contribution in [0.2, 0.25) is 0 Å². The van der Waals surface area contributed by atoms with Gasteiger partial charge in [0.15, 0.2) is 0 Å². The zero-order valence-corrected chi connectivity index (χ0v) is 19.1. The minimum atomic E-state index is -4.38. The number of nitrogens with one attached hydrogen (secondary N) is 3. The van der Waals surface area contributed by atoms with E-state index in [0.29, 0.717) is 23.7 Å². The van der Waals surface area contributed by atoms with Crippen LogP contribution in [0.25, 0.3) is 0 Å². The summed E-state index contributed by atoms with van der Waals surface area (Å²) < 4.78 is 63.6. The normalized spacial score (nSPS) is 11.8. The van der Waals surface area contributed by atoms with Crippen LogP contribution in [0.5, 0.6) is 0 Å². The van der Waals surface area contributed by atoms with E-state index in [4.69, 9.17) is 4.55 Å². The second-order valence-electron chi connectivity index (χ2n) is 6.83. The van der Waals surface area contributed by atoms with Crippen molar-refractivity contribution in [2.24, 2.45) is 0 Å². The first kappa shape index (κ1) is 24.5. The number of hydrogen-bond acceptors (Lipinski definition) is 10. The lowest BCUT2D eigenvalue weighted by Gasteiger charge is -2.11. The molecule has 0 spiro atoms. The molecule has 0 saturated carbocycles. The second-order valence-corrected chi connectivity index (χ2v) is 9.67. The molecule has 3 aromatic rings. The van der Waals surface area contributed by atoms with Gasteiger partial charge in [-0.2, -0.15) is 31.8 Å². The van der Waals surface area contributed by atoms with Crippen LogP contribution in [-0.2, 0) is 26.8 Å². The molecule has 0 unspecified atom stereocenters. The average molecular weight is 495 g/mol. The van der Waals surface area contributed by atoms with Crippen molar-refractivity contribution in [1.82, 2.24) is 20.3 Å². The summed E-state index contributed by atoms with van der Waals surface area (Å²) in [5, 5.41) is 8.99. The smallest absolute Gasteiger partial charge is 0.294 e. The van der Waals surface area contributed by atoms with Gasteiger partial charge in [0.2, 0.25) is 11.9 Å². The Morgan fingerprint density at radius 1 is 0.788 bits per heavy atom. The summed E-state index contributed by atoms with van der Waals surface area (Å²) in [7, 11) is -8.70. The van der Waals surface area contributed by atoms with Gasteiger partial charge in [-0.1, -0.05) is 13.0 Å². The molecule has 0 saturated heterocycles. The summed E-state index contributed by atoms with van der Waals surface area (Å²) in [6.45, 7) is 3.09. The topological polar surface area (TPSA) is 184 Å². The predicted molar refractivity (Wildman–Crippen MR) is 121 cm³/mol. The highest BCUT2D eigenvalue weighted by molar-refractivity contribution is 7.86. The van der Waals surface area contributed by atoms with Gasteiger partial charge in [-0.15, -0.1) is 0 Å². The summed E-state index contributed by atoms with van der Waals surface area (Å²) >= 11 is 0. The molecule has 0 aliphatic carbocycles. The van der Waals surface area contributed by atoms with Crippen molar-refractivity contribution in [2.75, 3.05) is 17.2 Å². The lowest BCUT2D eigenvalue weighted by molar-refractivity contribution is 0.481. The number of aromatic nitrogens is 3. The van der Waals surface area contributed by atoms with Crippen LogP contribution in [0, 0.1) is 0 Å². The fourth-order valence-electron chi connectivity index (χ4n) is 2.69. The molecule has 0 radical (unpaired) electrons. The molecule has 0 aliphatic heterocycles. The Morgan fingerprint density at radius 3 is 1.97 bits per heavy atom. The quantitative estimate of drug-likeness (QED) is 0.205. The first-order chi connectivity index (χ1) is 15.5. The van der Waals surface area contributed by atoms with Gasteiger partial charge in [0.25, 0.3) is 20.2 Å². The van der Waals surface area contributed by atoms with E-state index >= 15 is 0 Å². The lowest BCUT2D eigenvalue weighted by atomic mass is 10.3. The highest BCUT2D eigenvalue weighted by Gasteiger charge is 2.13. The van der Waals surface area contributed by atoms with Crippen molar-refractivity contribution < 1.29 is 25.9 Å². The zero-order chi connectivity index (χ0) is 24.1. The maximum absolute atomic E-state index is 11.4. The van der Waals surface area contributed by atoms with Crippen molar-refractivity contribution in [3.05, 3.63) is 54.4 Å². The fourth-order valence-corrected chi connectivity index (χ4v) is 3.70. The largest absolute Gasteiger partial charge is 0.324 e. The SMILES string of the molecule is CCCNCc1nc(Nc2ccc(S(=O)(=O)O)cc2)nc(Nc2cccc(S(=O)(=O)O)c2)n1. The molecule has 0 atom stereocenters. The molecule has 12 nitrogen and oxygen atoms in total. The number of nitrogens with zero attached hydrogens (tertiary/aromatic N) is 3. The van der Waals surface area contributed by atoms with E-state index in [1.54, 1.807) is 6.07 Å². The summed E-state index contributed by atoms with van der Waals surface area (Å²) in [4.78, 5) is 12.4. The molecule has 2 aromatic carbocycles. The van der Waals surface area contributed by atoms with E-state index in [1.807, 2.05) is 6.92 Å². The van der Waals surface area contributed by atoms with Crippen molar-refractivity contribution in [2.45, 2.75) is 29.7 Å². The van der Waals surface area contributed by atoms with Crippen LogP contribution >= 0.6 is 0 Å². The highest BCUT2D eigenvalue weighted by Crippen LogP contribution is 2.21. The third-order valence-electron chi connectivity index (χ3n) is 4.19. The van der Waals surface area contributed by atoms with Crippen LogP contribution in [-0.4, -0.2) is 47.4 Å². The van der Waals surface area contributed by atoms with Gasteiger partial charge >= 0.3 is 0 Å². The number of rotatable bonds is 10. The summed E-state index contributed by atoms with van der Waals surface area (Å²) in [5.41, 5.74) is 0.785. The van der Waals surface area contributed by atoms with Crippen molar-refractivity contribution in [1.29, 1.82) is 0 Å². The molecule has 5 N–H and O–H groups in total. The monoisotopic (exact) mass is 494 g/mol. The molecular weight excluding hydrogens is 472 g/mol. The van der Waals surface area contributed by atoms with Gasteiger partial charge in [0.1, 0.15) is 5.82 Å². The van der Waals surface area contributed by atoms with E-state index in [2.05, 4.69) is 30.9 Å². The third-order valence-corrected chi connectivity index (χ3v) is 5.91. The minimum Gasteiger partial charge on any atom is -0.324 e. The van der Waals surface area contributed by atoms with Gasteiger partial charge in [-0.3, -0.25) is 9.11 Å². The van der Waals surface area contributed by atoms with Gasteiger partial charge < -0.3 is 16.0 Å². The van der Waals surface area contributed by atoms with Crippen molar-refractivity contribution >= 4 is 43.5 Å². The Morgan fingerprint density at radius 2 is 1.39 bits per heavy atom. The highest BCUT2D eigenvalue weighted by atomic mass is 32.2. The molecule has 0 amide bonds. The van der Waals surface area contributed by atoms with E-state index in [0.717, 1.165) is 13.0 Å². The predicted octanol–water partition coefficient (Wildman–Crippen LogP) is 2.35. The fraction of sp³-hybridized carbons (Fsp3) is 0.211. The first-order valence-corrected chi connectivity index (χ1v) is 12.6. The number of hydrogen-bond donors (Lipinski definition) is 5. The standard InChI is InChI=1S/C19H22N6O6S2/c1-2-10-20-12-17-23-18(21-13-6-8-15(9-7-13)32(26,27)28)25-19(24-17)22-14-4-3-5-16(11-14)33(29,30)31/h3-9,11,20H,2,10,12H2,1H3,(H,26,27,28)(H,29,30,31)(H2,21,22,23,24,25). The van der Waals surface area contributed by atoms with Gasteiger partial charge in [-0.25, -0.2) is 0 Å². The Hall–Kier alpha value is -3.17. The van der Waals surface area contributed by atoms with E-state index in [1.165, 1.54) is 42.5 Å². The third kappa shape index (κ3) is 7.16. The van der Waals surface area contributed by atoms with Crippen molar-refractivity contribution in [3.8, 4) is 0 Å². The van der Waals surface area contributed by atoms with E-state index < -0.39 is 20.2 Å². The molecule has 14 heteroatoms. The maximum atomic E-state index is 11.4. The van der Waals surface area contributed by atoms with Gasteiger partial charge in [-0.05, 0) is 55.4 Å². The minimum absolute atomic E-state index is 0.114. The second kappa shape index (κ2) is 10.2. The Bertz CT molecular complexity index is 1330. The van der Waals surface area contributed by atoms with E-state index in [-0.39, 0.29) is 21.7 Å². The molecule has 33 heavy (non-hydrogen) atoms. The molecule has 176 valence electrons. The lowest BCUT2D eigenvalue weighted by Crippen LogP contribution is -2.17. The van der Waals surface area contributed by atoms with Crippen LogP contribution in [0.4, 0.5) is 23.3 Å². The Kier molecular flexibility index (Phi) is 7.55. The van der Waals surface area contributed by atoms with E-state index in [9.17, 15) is 21.4 Å². The number of anilines is 4. The molecule has 1 aromatic heterocycles. The van der Waals surface area contributed by atoms with Gasteiger partial charge in [0.05, 0.1) is 16.3 Å². The molecule has 3 rings (SSSR count). The Balaban J connectivity index is 1.89. The van der Waals surface area contributed by atoms with Gasteiger partial charge in [0, 0.05) is 11.4 Å². The molecule has 1 heterocycles. The average Bonchev–Trinajstić information content (AvgIpc) is 2.73. The van der Waals surface area contributed by atoms with Crippen LogP contribution in [0.15, 0.2) is 58.3 Å². The molecule has 0 aliphatic rings. The van der Waals surface area contributed by atoms with Crippen LogP contribution in [0.3, 0.4) is 0 Å². The molecule has 0 fully saturated rings. The summed E-state index contributed by atoms with van der Waals surface area (Å²) in [6.07, 6.45) is 0.907.